The summed E-state index contributed by atoms with van der Waals surface area (Å²) >= 11 is 6.26. The lowest BCUT2D eigenvalue weighted by molar-refractivity contribution is -0.139. The molecule has 174 valence electrons. The van der Waals surface area contributed by atoms with Crippen molar-refractivity contribution in [3.8, 4) is 5.75 Å². The Morgan fingerprint density at radius 3 is 2.79 bits per heavy atom. The quantitative estimate of drug-likeness (QED) is 0.305. The van der Waals surface area contributed by atoms with Gasteiger partial charge in [0, 0.05) is 16.3 Å². The first kappa shape index (κ1) is 23.0. The molecule has 3 aromatic rings. The van der Waals surface area contributed by atoms with Gasteiger partial charge in [-0.05, 0) is 43.7 Å². The minimum Gasteiger partial charge on any atom is -0.462 e. The maximum absolute atomic E-state index is 13.3. The third-order valence-electron chi connectivity index (χ3n) is 5.51. The van der Waals surface area contributed by atoms with Crippen LogP contribution in [0.1, 0.15) is 44.7 Å². The first-order valence-corrected chi connectivity index (χ1v) is 11.1. The van der Waals surface area contributed by atoms with E-state index in [1.54, 1.807) is 11.5 Å². The number of anilines is 1. The van der Waals surface area contributed by atoms with Gasteiger partial charge in [-0.25, -0.2) is 9.78 Å². The maximum Gasteiger partial charge on any atom is 0.387 e. The molecule has 0 fully saturated rings. The average molecular weight is 476 g/mol. The van der Waals surface area contributed by atoms with Gasteiger partial charge in [-0.15, -0.1) is 0 Å². The molecule has 2 aromatic carbocycles. The molecular formula is C24H24ClF2N3O3. The van der Waals surface area contributed by atoms with Crippen LogP contribution in [-0.4, -0.2) is 28.7 Å². The number of ether oxygens (including phenoxy) is 2. The Kier molecular flexibility index (Phi) is 6.83. The number of esters is 1. The molecule has 0 bridgehead atoms. The summed E-state index contributed by atoms with van der Waals surface area (Å²) in [6.45, 7) is 1.02. The number of unbranched alkanes of at least 4 members (excludes halogenated alkanes) is 2. The predicted octanol–water partition coefficient (Wildman–Crippen LogP) is 6.31. The van der Waals surface area contributed by atoms with E-state index in [-0.39, 0.29) is 17.9 Å². The van der Waals surface area contributed by atoms with Crippen molar-refractivity contribution in [3.05, 3.63) is 64.3 Å². The van der Waals surface area contributed by atoms with E-state index in [9.17, 15) is 13.6 Å². The SMILES string of the molecule is CCCCCOC(=O)C1=C(C)Nc2nc3ccccc3n2[C@@H]1c1cc(Cl)ccc1OC(F)F. The molecule has 0 unspecified atom stereocenters. The van der Waals surface area contributed by atoms with E-state index < -0.39 is 18.6 Å². The van der Waals surface area contributed by atoms with Crippen molar-refractivity contribution < 1.29 is 23.0 Å². The highest BCUT2D eigenvalue weighted by Crippen LogP contribution is 2.43. The number of carbonyl (C=O) groups excluding carboxylic acids is 1. The van der Waals surface area contributed by atoms with Crippen molar-refractivity contribution in [2.45, 2.75) is 45.8 Å². The van der Waals surface area contributed by atoms with Crippen molar-refractivity contribution in [2.24, 2.45) is 0 Å². The lowest BCUT2D eigenvalue weighted by atomic mass is 9.94. The van der Waals surface area contributed by atoms with Crippen LogP contribution in [0, 0.1) is 0 Å². The van der Waals surface area contributed by atoms with Crippen molar-refractivity contribution in [1.29, 1.82) is 0 Å². The van der Waals surface area contributed by atoms with Crippen molar-refractivity contribution in [2.75, 3.05) is 11.9 Å². The number of hydrogen-bond donors (Lipinski definition) is 1. The number of carbonyl (C=O) groups is 1. The third kappa shape index (κ3) is 4.66. The van der Waals surface area contributed by atoms with Gasteiger partial charge in [-0.2, -0.15) is 8.78 Å². The van der Waals surface area contributed by atoms with Crippen LogP contribution >= 0.6 is 11.6 Å². The fourth-order valence-electron chi connectivity index (χ4n) is 4.05. The summed E-state index contributed by atoms with van der Waals surface area (Å²) in [6, 6.07) is 10.9. The second-order valence-electron chi connectivity index (χ2n) is 7.76. The number of alkyl halides is 2. The lowest BCUT2D eigenvalue weighted by Crippen LogP contribution is -2.29. The first-order chi connectivity index (χ1) is 15.9. The lowest BCUT2D eigenvalue weighted by Gasteiger charge is -2.31. The van der Waals surface area contributed by atoms with Crippen molar-refractivity contribution in [1.82, 2.24) is 9.55 Å². The minimum atomic E-state index is -3.04. The van der Waals surface area contributed by atoms with Gasteiger partial charge in [-0.3, -0.25) is 4.57 Å². The summed E-state index contributed by atoms with van der Waals surface area (Å²) in [6.07, 6.45) is 2.66. The number of nitrogens with one attached hydrogen (secondary N) is 1. The standard InChI is InChI=1S/C24H24ClF2N3O3/c1-3-4-7-12-32-22(31)20-14(2)28-24-29-17-8-5-6-9-18(17)30(24)21(20)16-13-15(25)10-11-19(16)33-23(26)27/h5-6,8-11,13,21,23H,3-4,7,12H2,1-2H3,(H,28,29)/t21-/m1/s1. The molecule has 1 aliphatic heterocycles. The van der Waals surface area contributed by atoms with Gasteiger partial charge in [0.1, 0.15) is 5.75 Å². The number of aromatic nitrogens is 2. The fourth-order valence-corrected chi connectivity index (χ4v) is 4.23. The molecule has 6 nitrogen and oxygen atoms in total. The van der Waals surface area contributed by atoms with E-state index in [4.69, 9.17) is 21.1 Å². The predicted molar refractivity (Wildman–Crippen MR) is 123 cm³/mol. The van der Waals surface area contributed by atoms with E-state index in [2.05, 4.69) is 17.2 Å². The number of benzene rings is 2. The molecule has 0 aliphatic carbocycles. The van der Waals surface area contributed by atoms with Crippen LogP contribution < -0.4 is 10.1 Å². The van der Waals surface area contributed by atoms with Gasteiger partial charge < -0.3 is 14.8 Å². The second-order valence-corrected chi connectivity index (χ2v) is 8.20. The zero-order valence-electron chi connectivity index (χ0n) is 18.3. The Hall–Kier alpha value is -3.13. The van der Waals surface area contributed by atoms with Crippen LogP contribution in [0.5, 0.6) is 5.75 Å². The Balaban J connectivity index is 1.88. The Morgan fingerprint density at radius 2 is 2.03 bits per heavy atom. The normalized spacial score (nSPS) is 15.5. The Labute approximate surface area is 195 Å². The number of allylic oxidation sites excluding steroid dienone is 1. The van der Waals surface area contributed by atoms with E-state index in [1.807, 2.05) is 24.3 Å². The van der Waals surface area contributed by atoms with E-state index in [1.165, 1.54) is 18.2 Å². The molecule has 0 saturated heterocycles. The smallest absolute Gasteiger partial charge is 0.387 e. The Morgan fingerprint density at radius 1 is 1.24 bits per heavy atom. The minimum absolute atomic E-state index is 0.0749. The number of hydrogen-bond acceptors (Lipinski definition) is 5. The number of fused-ring (bicyclic) bond motifs is 3. The van der Waals surface area contributed by atoms with Gasteiger partial charge in [0.15, 0.2) is 0 Å². The van der Waals surface area contributed by atoms with E-state index in [0.717, 1.165) is 24.8 Å². The summed E-state index contributed by atoms with van der Waals surface area (Å²) < 4.78 is 38.6. The van der Waals surface area contributed by atoms with Crippen LogP contribution in [0.15, 0.2) is 53.7 Å². The zero-order valence-corrected chi connectivity index (χ0v) is 19.0. The molecule has 1 aromatic heterocycles. The topological polar surface area (TPSA) is 65.4 Å². The van der Waals surface area contributed by atoms with Crippen LogP contribution in [0.3, 0.4) is 0 Å². The van der Waals surface area contributed by atoms with E-state index in [0.29, 0.717) is 27.7 Å². The molecule has 2 heterocycles. The molecule has 1 atom stereocenters. The number of imidazole rings is 1. The highest BCUT2D eigenvalue weighted by molar-refractivity contribution is 6.30. The van der Waals surface area contributed by atoms with Crippen molar-refractivity contribution in [3.63, 3.8) is 0 Å². The number of rotatable bonds is 8. The monoisotopic (exact) mass is 475 g/mol. The first-order valence-electron chi connectivity index (χ1n) is 10.8. The van der Waals surface area contributed by atoms with E-state index >= 15 is 0 Å². The summed E-state index contributed by atoms with van der Waals surface area (Å²) in [5, 5.41) is 3.49. The summed E-state index contributed by atoms with van der Waals surface area (Å²) in [7, 11) is 0. The second kappa shape index (κ2) is 9.79. The zero-order chi connectivity index (χ0) is 23.5. The van der Waals surface area contributed by atoms with Gasteiger partial charge in [0.05, 0.1) is 29.3 Å². The molecule has 33 heavy (non-hydrogen) atoms. The maximum atomic E-state index is 13.3. The molecule has 0 spiro atoms. The van der Waals surface area contributed by atoms with Crippen LogP contribution in [0.4, 0.5) is 14.7 Å². The molecule has 0 radical (unpaired) electrons. The molecule has 0 amide bonds. The highest BCUT2D eigenvalue weighted by atomic mass is 35.5. The third-order valence-corrected chi connectivity index (χ3v) is 5.75. The van der Waals surface area contributed by atoms with Gasteiger partial charge >= 0.3 is 12.6 Å². The summed E-state index contributed by atoms with van der Waals surface area (Å²) in [5.41, 5.74) is 2.52. The van der Waals surface area contributed by atoms with Gasteiger partial charge in [-0.1, -0.05) is 43.5 Å². The molecule has 0 saturated carbocycles. The van der Waals surface area contributed by atoms with Crippen molar-refractivity contribution >= 4 is 34.6 Å². The molecule has 9 heteroatoms. The van der Waals surface area contributed by atoms with Crippen LogP contribution in [0.2, 0.25) is 5.02 Å². The fraction of sp³-hybridized carbons (Fsp3) is 0.333. The number of halogens is 3. The summed E-state index contributed by atoms with van der Waals surface area (Å²) in [4.78, 5) is 17.9. The Bertz CT molecular complexity index is 1210. The number of nitrogens with zero attached hydrogens (tertiary/aromatic N) is 2. The molecule has 1 aliphatic rings. The molecule has 4 rings (SSSR count). The molecule has 1 N–H and O–H groups in total. The van der Waals surface area contributed by atoms with Gasteiger partial charge in [0.2, 0.25) is 5.95 Å². The molecular weight excluding hydrogens is 452 g/mol. The largest absolute Gasteiger partial charge is 0.462 e. The van der Waals surface area contributed by atoms with Crippen LogP contribution in [-0.2, 0) is 9.53 Å². The van der Waals surface area contributed by atoms with Crippen LogP contribution in [0.25, 0.3) is 11.0 Å². The van der Waals surface area contributed by atoms with Gasteiger partial charge in [0.25, 0.3) is 0 Å². The highest BCUT2D eigenvalue weighted by Gasteiger charge is 2.37. The average Bonchev–Trinajstić information content (AvgIpc) is 3.14. The summed E-state index contributed by atoms with van der Waals surface area (Å²) in [5.74, 6) is -0.133. The number of para-hydroxylation sites is 2.